The number of aryl methyl sites for hydroxylation is 1. The van der Waals surface area contributed by atoms with Crippen molar-refractivity contribution in [1.29, 1.82) is 0 Å². The Labute approximate surface area is 184 Å². The lowest BCUT2D eigenvalue weighted by molar-refractivity contribution is 0.272. The van der Waals surface area contributed by atoms with Crippen molar-refractivity contribution in [3.8, 4) is 11.5 Å². The van der Waals surface area contributed by atoms with Gasteiger partial charge < -0.3 is 14.4 Å². The molecule has 0 spiro atoms. The molecule has 3 aromatic carbocycles. The lowest BCUT2D eigenvalue weighted by Crippen LogP contribution is -2.44. The van der Waals surface area contributed by atoms with Gasteiger partial charge in [-0.1, -0.05) is 48.0 Å². The fourth-order valence-electron chi connectivity index (χ4n) is 3.59. The summed E-state index contributed by atoms with van der Waals surface area (Å²) in [6.45, 7) is 6.37. The molecule has 0 radical (unpaired) electrons. The van der Waals surface area contributed by atoms with Gasteiger partial charge >= 0.3 is 0 Å². The molecular formula is C26H29N3O2. The van der Waals surface area contributed by atoms with Crippen LogP contribution >= 0.6 is 0 Å². The van der Waals surface area contributed by atoms with Gasteiger partial charge in [0, 0.05) is 18.8 Å². The summed E-state index contributed by atoms with van der Waals surface area (Å²) in [4.78, 5) is 2.41. The fourth-order valence-corrected chi connectivity index (χ4v) is 3.59. The molecule has 1 aliphatic heterocycles. The largest absolute Gasteiger partial charge is 0.493 e. The van der Waals surface area contributed by atoms with Crippen LogP contribution in [0, 0.1) is 6.92 Å². The van der Waals surface area contributed by atoms with E-state index in [0.717, 1.165) is 43.1 Å². The second-order valence-electron chi connectivity index (χ2n) is 7.71. The zero-order valence-corrected chi connectivity index (χ0v) is 18.2. The van der Waals surface area contributed by atoms with Crippen molar-refractivity contribution < 1.29 is 9.47 Å². The maximum Gasteiger partial charge on any atom is 0.161 e. The zero-order valence-electron chi connectivity index (χ0n) is 18.2. The maximum absolute atomic E-state index is 5.94. The molecule has 1 heterocycles. The van der Waals surface area contributed by atoms with E-state index in [9.17, 15) is 0 Å². The van der Waals surface area contributed by atoms with Crippen molar-refractivity contribution in [2.24, 2.45) is 5.10 Å². The molecule has 5 heteroatoms. The number of piperazine rings is 1. The first kappa shape index (κ1) is 20.8. The van der Waals surface area contributed by atoms with Gasteiger partial charge in [-0.3, -0.25) is 5.01 Å². The molecule has 0 aromatic heterocycles. The van der Waals surface area contributed by atoms with Crippen molar-refractivity contribution in [3.05, 3.63) is 89.5 Å². The van der Waals surface area contributed by atoms with E-state index < -0.39 is 0 Å². The molecule has 1 saturated heterocycles. The van der Waals surface area contributed by atoms with E-state index in [1.165, 1.54) is 11.3 Å². The Kier molecular flexibility index (Phi) is 6.72. The first-order chi connectivity index (χ1) is 15.2. The van der Waals surface area contributed by atoms with E-state index >= 15 is 0 Å². The third kappa shape index (κ3) is 5.57. The zero-order chi connectivity index (χ0) is 21.5. The van der Waals surface area contributed by atoms with Crippen LogP contribution in [0.4, 0.5) is 5.69 Å². The van der Waals surface area contributed by atoms with E-state index in [-0.39, 0.29) is 0 Å². The summed E-state index contributed by atoms with van der Waals surface area (Å²) in [6, 6.07) is 24.8. The Morgan fingerprint density at radius 1 is 0.871 bits per heavy atom. The predicted octanol–water partition coefficient (Wildman–Crippen LogP) is 4.74. The molecule has 4 rings (SSSR count). The topological polar surface area (TPSA) is 37.3 Å². The highest BCUT2D eigenvalue weighted by Crippen LogP contribution is 2.28. The van der Waals surface area contributed by atoms with Crippen molar-refractivity contribution in [2.45, 2.75) is 13.5 Å². The molecule has 0 atom stereocenters. The minimum absolute atomic E-state index is 0.510. The summed E-state index contributed by atoms with van der Waals surface area (Å²) >= 11 is 0. The number of nitrogens with zero attached hydrogens (tertiary/aromatic N) is 3. The van der Waals surface area contributed by atoms with Crippen molar-refractivity contribution in [1.82, 2.24) is 5.01 Å². The molecule has 0 aliphatic carbocycles. The van der Waals surface area contributed by atoms with Crippen LogP contribution < -0.4 is 14.4 Å². The van der Waals surface area contributed by atoms with Gasteiger partial charge in [-0.05, 0) is 48.4 Å². The van der Waals surface area contributed by atoms with Crippen molar-refractivity contribution in [2.75, 3.05) is 38.2 Å². The summed E-state index contributed by atoms with van der Waals surface area (Å²) in [6.07, 6.45) is 1.89. The average molecular weight is 416 g/mol. The third-order valence-electron chi connectivity index (χ3n) is 5.45. The lowest BCUT2D eigenvalue weighted by Gasteiger charge is -2.34. The first-order valence-electron chi connectivity index (χ1n) is 10.7. The van der Waals surface area contributed by atoms with Crippen LogP contribution in [0.25, 0.3) is 0 Å². The lowest BCUT2D eigenvalue weighted by atomic mass is 10.2. The molecule has 3 aromatic rings. The van der Waals surface area contributed by atoms with Gasteiger partial charge in [-0.25, -0.2) is 0 Å². The van der Waals surface area contributed by atoms with Crippen LogP contribution in [-0.2, 0) is 6.61 Å². The SMILES string of the molecule is COc1cc(/C=N/N2CCN(c3ccc(C)cc3)CC2)ccc1OCc1ccccc1. The maximum atomic E-state index is 5.94. The second kappa shape index (κ2) is 10.0. The van der Waals surface area contributed by atoms with Crippen molar-refractivity contribution in [3.63, 3.8) is 0 Å². The first-order valence-corrected chi connectivity index (χ1v) is 10.7. The number of hydrogen-bond acceptors (Lipinski definition) is 5. The number of anilines is 1. The molecule has 0 N–H and O–H groups in total. The standard InChI is InChI=1S/C26H29N3O2/c1-21-8-11-24(12-9-21)28-14-16-29(17-15-28)27-19-23-10-13-25(26(18-23)30-2)31-20-22-6-4-3-5-7-22/h3-13,18-19H,14-17,20H2,1-2H3/b27-19+. The Hall–Kier alpha value is -3.47. The molecular weight excluding hydrogens is 386 g/mol. The highest BCUT2D eigenvalue weighted by molar-refractivity contribution is 5.80. The van der Waals surface area contributed by atoms with E-state index in [0.29, 0.717) is 12.4 Å². The molecule has 1 fully saturated rings. The molecule has 0 bridgehead atoms. The number of rotatable bonds is 7. The number of methoxy groups -OCH3 is 1. The quantitative estimate of drug-likeness (QED) is 0.523. The van der Waals surface area contributed by atoms with Gasteiger partial charge in [0.1, 0.15) is 6.61 Å². The fraction of sp³-hybridized carbons (Fsp3) is 0.269. The molecule has 31 heavy (non-hydrogen) atoms. The van der Waals surface area contributed by atoms with Crippen LogP contribution in [0.3, 0.4) is 0 Å². The predicted molar refractivity (Wildman–Crippen MR) is 126 cm³/mol. The minimum Gasteiger partial charge on any atom is -0.493 e. The molecule has 0 unspecified atom stereocenters. The van der Waals surface area contributed by atoms with Gasteiger partial charge in [0.15, 0.2) is 11.5 Å². The Bertz CT molecular complexity index is 995. The molecule has 0 amide bonds. The number of ether oxygens (including phenoxy) is 2. The van der Waals surface area contributed by atoms with Gasteiger partial charge in [-0.2, -0.15) is 5.10 Å². The van der Waals surface area contributed by atoms with Gasteiger partial charge in [0.2, 0.25) is 0 Å². The molecule has 0 saturated carbocycles. The number of hydrogen-bond donors (Lipinski definition) is 0. The summed E-state index contributed by atoms with van der Waals surface area (Å²) in [7, 11) is 1.66. The Morgan fingerprint density at radius 3 is 2.32 bits per heavy atom. The van der Waals surface area contributed by atoms with Crippen LogP contribution in [0.5, 0.6) is 11.5 Å². The average Bonchev–Trinajstić information content (AvgIpc) is 2.83. The van der Waals surface area contributed by atoms with Gasteiger partial charge in [-0.15, -0.1) is 0 Å². The second-order valence-corrected chi connectivity index (χ2v) is 7.71. The van der Waals surface area contributed by atoms with E-state index in [2.05, 4.69) is 46.2 Å². The van der Waals surface area contributed by atoms with Crippen LogP contribution in [-0.4, -0.2) is 44.5 Å². The molecule has 160 valence electrons. The number of hydrazone groups is 1. The molecule has 1 aliphatic rings. The summed E-state index contributed by atoms with van der Waals surface area (Å²) < 4.78 is 11.5. The highest BCUT2D eigenvalue weighted by atomic mass is 16.5. The minimum atomic E-state index is 0.510. The third-order valence-corrected chi connectivity index (χ3v) is 5.45. The van der Waals surface area contributed by atoms with Crippen LogP contribution in [0.2, 0.25) is 0 Å². The van der Waals surface area contributed by atoms with Crippen LogP contribution in [0.1, 0.15) is 16.7 Å². The van der Waals surface area contributed by atoms with Gasteiger partial charge in [0.25, 0.3) is 0 Å². The summed E-state index contributed by atoms with van der Waals surface area (Å²) in [5, 5.41) is 6.80. The smallest absolute Gasteiger partial charge is 0.161 e. The monoisotopic (exact) mass is 415 g/mol. The molecule has 5 nitrogen and oxygen atoms in total. The highest BCUT2D eigenvalue weighted by Gasteiger charge is 2.15. The van der Waals surface area contributed by atoms with Crippen molar-refractivity contribution >= 4 is 11.9 Å². The Morgan fingerprint density at radius 2 is 1.61 bits per heavy atom. The van der Waals surface area contributed by atoms with Gasteiger partial charge in [0.05, 0.1) is 26.4 Å². The summed E-state index contributed by atoms with van der Waals surface area (Å²) in [5.74, 6) is 1.44. The van der Waals surface area contributed by atoms with Crippen LogP contribution in [0.15, 0.2) is 77.9 Å². The Balaban J connectivity index is 1.33. The van der Waals surface area contributed by atoms with E-state index in [1.54, 1.807) is 7.11 Å². The number of benzene rings is 3. The summed E-state index contributed by atoms with van der Waals surface area (Å²) in [5.41, 5.74) is 4.69. The van der Waals surface area contributed by atoms with E-state index in [1.807, 2.05) is 54.7 Å². The normalized spacial score (nSPS) is 14.1. The van der Waals surface area contributed by atoms with E-state index in [4.69, 9.17) is 9.47 Å².